The highest BCUT2D eigenvalue weighted by molar-refractivity contribution is 7.99. The van der Waals surface area contributed by atoms with Crippen molar-refractivity contribution in [2.75, 3.05) is 5.75 Å². The zero-order valence-corrected chi connectivity index (χ0v) is 20.1. The van der Waals surface area contributed by atoms with Gasteiger partial charge in [0.05, 0.1) is 27.2 Å². The minimum absolute atomic E-state index is 0.0614. The third-order valence-corrected chi connectivity index (χ3v) is 7.05. The number of nitrogens with one attached hydrogen (secondary N) is 2. The number of carbonyl (C=O) groups is 2. The standard InChI is InChI=1S/C23H19ClN4O3S2/c1-13-5-3-6-18(14(13)2)28-22(31)16-9-8-15(24)11-17(16)25-23(28)33-12-20(29)26-27-21(30)19-7-4-10-32-19/h3-11H,12H2,1-2H3,(H,26,29)(H,27,30). The average molecular weight is 499 g/mol. The van der Waals surface area contributed by atoms with Gasteiger partial charge in [-0.3, -0.25) is 29.8 Å². The Bertz CT molecular complexity index is 1420. The van der Waals surface area contributed by atoms with Gasteiger partial charge in [-0.15, -0.1) is 11.3 Å². The molecule has 0 unspecified atom stereocenters. The highest BCUT2D eigenvalue weighted by atomic mass is 35.5. The number of fused-ring (bicyclic) bond motifs is 1. The first-order valence-corrected chi connectivity index (χ1v) is 12.1. The Hall–Kier alpha value is -3.14. The van der Waals surface area contributed by atoms with Crippen LogP contribution in [-0.4, -0.2) is 27.1 Å². The molecule has 4 rings (SSSR count). The molecule has 0 radical (unpaired) electrons. The molecule has 0 aliphatic carbocycles. The number of hydrogen-bond acceptors (Lipinski definition) is 6. The zero-order chi connectivity index (χ0) is 23.5. The van der Waals surface area contributed by atoms with Gasteiger partial charge >= 0.3 is 0 Å². The molecule has 168 valence electrons. The molecule has 2 aromatic carbocycles. The smallest absolute Gasteiger partial charge is 0.272 e. The topological polar surface area (TPSA) is 93.1 Å². The number of aromatic nitrogens is 2. The maximum atomic E-state index is 13.4. The van der Waals surface area contributed by atoms with Crippen LogP contribution >= 0.6 is 34.7 Å². The average Bonchev–Trinajstić information content (AvgIpc) is 3.33. The summed E-state index contributed by atoms with van der Waals surface area (Å²) in [6.07, 6.45) is 0. The van der Waals surface area contributed by atoms with Crippen molar-refractivity contribution < 1.29 is 9.59 Å². The summed E-state index contributed by atoms with van der Waals surface area (Å²) in [5, 5.41) is 3.01. The van der Waals surface area contributed by atoms with Crippen molar-refractivity contribution in [3.8, 4) is 5.69 Å². The Balaban J connectivity index is 1.64. The second-order valence-electron chi connectivity index (χ2n) is 7.18. The van der Waals surface area contributed by atoms with E-state index in [-0.39, 0.29) is 11.3 Å². The van der Waals surface area contributed by atoms with Gasteiger partial charge in [-0.1, -0.05) is 41.6 Å². The molecule has 2 aromatic heterocycles. The molecule has 0 bridgehead atoms. The van der Waals surface area contributed by atoms with Gasteiger partial charge in [0.2, 0.25) is 5.91 Å². The molecular weight excluding hydrogens is 480 g/mol. The fourth-order valence-electron chi connectivity index (χ4n) is 3.19. The maximum Gasteiger partial charge on any atom is 0.279 e. The van der Waals surface area contributed by atoms with Crippen LogP contribution in [0.25, 0.3) is 16.6 Å². The van der Waals surface area contributed by atoms with Crippen LogP contribution in [0.1, 0.15) is 20.8 Å². The van der Waals surface area contributed by atoms with E-state index in [4.69, 9.17) is 11.6 Å². The van der Waals surface area contributed by atoms with Crippen LogP contribution in [0.2, 0.25) is 5.02 Å². The van der Waals surface area contributed by atoms with Gasteiger partial charge in [-0.2, -0.15) is 0 Å². The van der Waals surface area contributed by atoms with Gasteiger partial charge in [0.15, 0.2) is 5.16 Å². The number of halogens is 1. The van der Waals surface area contributed by atoms with Gasteiger partial charge < -0.3 is 0 Å². The van der Waals surface area contributed by atoms with E-state index in [1.54, 1.807) is 35.7 Å². The van der Waals surface area contributed by atoms with Crippen LogP contribution in [0.4, 0.5) is 0 Å². The molecule has 0 atom stereocenters. The first-order valence-electron chi connectivity index (χ1n) is 9.89. The number of carbonyl (C=O) groups excluding carboxylic acids is 2. The lowest BCUT2D eigenvalue weighted by molar-refractivity contribution is -0.119. The molecule has 10 heteroatoms. The summed E-state index contributed by atoms with van der Waals surface area (Å²) in [7, 11) is 0. The lowest BCUT2D eigenvalue weighted by atomic mass is 10.1. The van der Waals surface area contributed by atoms with Crippen molar-refractivity contribution in [2.24, 2.45) is 0 Å². The quantitative estimate of drug-likeness (QED) is 0.243. The first kappa shape index (κ1) is 23.0. The molecule has 4 aromatic rings. The van der Waals surface area contributed by atoms with Crippen LogP contribution in [0.3, 0.4) is 0 Å². The Labute approximate surface area is 202 Å². The summed E-state index contributed by atoms with van der Waals surface area (Å²) in [5.74, 6) is -0.888. The van der Waals surface area contributed by atoms with Gasteiger partial charge in [-0.05, 0) is 60.7 Å². The molecule has 0 aliphatic rings. The van der Waals surface area contributed by atoms with Crippen molar-refractivity contribution in [3.05, 3.63) is 85.3 Å². The van der Waals surface area contributed by atoms with Crippen LogP contribution in [0.15, 0.2) is 63.9 Å². The lowest BCUT2D eigenvalue weighted by Gasteiger charge is -2.16. The second kappa shape index (κ2) is 9.78. The van der Waals surface area contributed by atoms with E-state index in [2.05, 4.69) is 15.8 Å². The number of nitrogens with zero attached hydrogens (tertiary/aromatic N) is 2. The molecule has 7 nitrogen and oxygen atoms in total. The molecule has 0 saturated carbocycles. The van der Waals surface area contributed by atoms with Crippen LogP contribution in [0, 0.1) is 13.8 Å². The highest BCUT2D eigenvalue weighted by Crippen LogP contribution is 2.25. The van der Waals surface area contributed by atoms with Crippen molar-refractivity contribution >= 4 is 57.4 Å². The van der Waals surface area contributed by atoms with Crippen molar-refractivity contribution in [3.63, 3.8) is 0 Å². The van der Waals surface area contributed by atoms with Crippen LogP contribution in [-0.2, 0) is 4.79 Å². The van der Waals surface area contributed by atoms with Crippen molar-refractivity contribution in [1.29, 1.82) is 0 Å². The summed E-state index contributed by atoms with van der Waals surface area (Å²) in [5.41, 5.74) is 7.63. The van der Waals surface area contributed by atoms with Crippen LogP contribution in [0.5, 0.6) is 0 Å². The number of hydrazine groups is 1. The number of hydrogen-bond donors (Lipinski definition) is 2. The number of amides is 2. The third kappa shape index (κ3) is 4.95. The van der Waals surface area contributed by atoms with E-state index < -0.39 is 11.8 Å². The predicted octanol–water partition coefficient (Wildman–Crippen LogP) is 4.27. The number of benzene rings is 2. The molecule has 0 aliphatic heterocycles. The number of rotatable bonds is 5. The normalized spacial score (nSPS) is 10.9. The maximum absolute atomic E-state index is 13.4. The molecule has 2 N–H and O–H groups in total. The minimum atomic E-state index is -0.433. The van der Waals surface area contributed by atoms with Crippen molar-refractivity contribution in [1.82, 2.24) is 20.4 Å². The van der Waals surface area contributed by atoms with Crippen molar-refractivity contribution in [2.45, 2.75) is 19.0 Å². The molecule has 2 amide bonds. The third-order valence-electron chi connectivity index (χ3n) is 5.01. The lowest BCUT2D eigenvalue weighted by Crippen LogP contribution is -2.42. The fraction of sp³-hybridized carbons (Fsp3) is 0.130. The Kier molecular flexibility index (Phi) is 6.83. The minimum Gasteiger partial charge on any atom is -0.272 e. The van der Waals surface area contributed by atoms with Gasteiger partial charge in [0.1, 0.15) is 0 Å². The SMILES string of the molecule is Cc1cccc(-n2c(SCC(=O)NNC(=O)c3cccs3)nc3cc(Cl)ccc3c2=O)c1C. The van der Waals surface area contributed by atoms with E-state index in [0.29, 0.717) is 31.6 Å². The summed E-state index contributed by atoms with van der Waals surface area (Å²) >= 11 is 8.48. The first-order chi connectivity index (χ1) is 15.8. The number of thioether (sulfide) groups is 1. The molecular formula is C23H19ClN4O3S2. The fourth-order valence-corrected chi connectivity index (χ4v) is 4.78. The number of thiophene rings is 1. The van der Waals surface area contributed by atoms with Crippen LogP contribution < -0.4 is 16.4 Å². The summed E-state index contributed by atoms with van der Waals surface area (Å²) in [6.45, 7) is 3.90. The molecule has 0 saturated heterocycles. The van der Waals surface area contributed by atoms with E-state index in [1.807, 2.05) is 32.0 Å². The molecule has 2 heterocycles. The van der Waals surface area contributed by atoms with E-state index in [1.165, 1.54) is 15.9 Å². The van der Waals surface area contributed by atoms with Gasteiger partial charge in [-0.25, -0.2) is 4.98 Å². The zero-order valence-electron chi connectivity index (χ0n) is 17.7. The van der Waals surface area contributed by atoms with E-state index >= 15 is 0 Å². The monoisotopic (exact) mass is 498 g/mol. The Morgan fingerprint density at radius 2 is 1.94 bits per heavy atom. The van der Waals surface area contributed by atoms with Gasteiger partial charge in [0.25, 0.3) is 11.5 Å². The Morgan fingerprint density at radius 1 is 1.12 bits per heavy atom. The second-order valence-corrected chi connectivity index (χ2v) is 9.51. The molecule has 0 fully saturated rings. The summed E-state index contributed by atoms with van der Waals surface area (Å²) in [6, 6.07) is 14.0. The summed E-state index contributed by atoms with van der Waals surface area (Å²) < 4.78 is 1.51. The molecule has 0 spiro atoms. The predicted molar refractivity (Wildman–Crippen MR) is 132 cm³/mol. The number of aryl methyl sites for hydroxylation is 1. The molecule has 33 heavy (non-hydrogen) atoms. The highest BCUT2D eigenvalue weighted by Gasteiger charge is 2.17. The summed E-state index contributed by atoms with van der Waals surface area (Å²) in [4.78, 5) is 42.9. The van der Waals surface area contributed by atoms with E-state index in [9.17, 15) is 14.4 Å². The Morgan fingerprint density at radius 3 is 2.70 bits per heavy atom. The van der Waals surface area contributed by atoms with E-state index in [0.717, 1.165) is 22.9 Å². The largest absolute Gasteiger partial charge is 0.279 e. The van der Waals surface area contributed by atoms with Gasteiger partial charge in [0, 0.05) is 5.02 Å².